The Labute approximate surface area is 101 Å². The lowest BCUT2D eigenvalue weighted by Crippen LogP contribution is -2.52. The Balaban J connectivity index is 1.66. The number of carbonyl (C=O) groups excluding carboxylic acids is 4. The average molecular weight is 248 g/mol. The standard InChI is InChI=1S/C12H8O6/c13-8-3-2-1-12(2)6(4(3)9(14)17-8)5-7(12)11(16)18-10(5)15/h2-7H,1H2. The van der Waals surface area contributed by atoms with Crippen LogP contribution in [0.15, 0.2) is 0 Å². The molecule has 6 heteroatoms. The highest BCUT2D eigenvalue weighted by atomic mass is 16.6. The van der Waals surface area contributed by atoms with Crippen molar-refractivity contribution in [3.63, 3.8) is 0 Å². The van der Waals surface area contributed by atoms with Crippen LogP contribution in [0.4, 0.5) is 0 Å². The van der Waals surface area contributed by atoms with Gasteiger partial charge < -0.3 is 9.47 Å². The van der Waals surface area contributed by atoms with Crippen molar-refractivity contribution in [2.75, 3.05) is 0 Å². The van der Waals surface area contributed by atoms with Crippen LogP contribution < -0.4 is 0 Å². The van der Waals surface area contributed by atoms with E-state index in [2.05, 4.69) is 9.47 Å². The van der Waals surface area contributed by atoms with Crippen LogP contribution in [0.1, 0.15) is 6.42 Å². The van der Waals surface area contributed by atoms with Crippen molar-refractivity contribution in [3.8, 4) is 0 Å². The molecule has 3 saturated carbocycles. The lowest BCUT2D eigenvalue weighted by molar-refractivity contribution is -0.160. The third-order valence-electron chi connectivity index (χ3n) is 5.73. The van der Waals surface area contributed by atoms with Crippen LogP contribution in [0.3, 0.4) is 0 Å². The van der Waals surface area contributed by atoms with E-state index < -0.39 is 47.5 Å². The first-order valence-corrected chi connectivity index (χ1v) is 6.08. The largest absolute Gasteiger partial charge is 0.393 e. The van der Waals surface area contributed by atoms with Gasteiger partial charge in [0, 0.05) is 0 Å². The third kappa shape index (κ3) is 0.629. The van der Waals surface area contributed by atoms with Gasteiger partial charge in [0.2, 0.25) is 0 Å². The molecular weight excluding hydrogens is 240 g/mol. The van der Waals surface area contributed by atoms with E-state index in [0.29, 0.717) is 0 Å². The third-order valence-corrected chi connectivity index (χ3v) is 5.73. The fraction of sp³-hybridized carbons (Fsp3) is 0.667. The van der Waals surface area contributed by atoms with Crippen molar-refractivity contribution in [2.24, 2.45) is 40.9 Å². The number of fused-ring (bicyclic) bond motifs is 5. The summed E-state index contributed by atoms with van der Waals surface area (Å²) in [6.45, 7) is 0. The Morgan fingerprint density at radius 3 is 2.22 bits per heavy atom. The predicted molar refractivity (Wildman–Crippen MR) is 50.2 cm³/mol. The number of ether oxygens (including phenoxy) is 2. The maximum atomic E-state index is 11.7. The number of cyclic esters (lactones) is 4. The molecule has 0 aromatic carbocycles. The minimum atomic E-state index is -0.529. The summed E-state index contributed by atoms with van der Waals surface area (Å²) in [4.78, 5) is 46.7. The van der Waals surface area contributed by atoms with Crippen LogP contribution in [-0.4, -0.2) is 23.9 Å². The SMILES string of the molecule is O=C1OC(=O)C2C1C1CC13C1C(=O)OC(=O)C1C23. The van der Waals surface area contributed by atoms with E-state index in [4.69, 9.17) is 0 Å². The van der Waals surface area contributed by atoms with Crippen LogP contribution in [-0.2, 0) is 28.7 Å². The topological polar surface area (TPSA) is 86.7 Å². The zero-order valence-corrected chi connectivity index (χ0v) is 9.12. The molecule has 5 rings (SSSR count). The van der Waals surface area contributed by atoms with Gasteiger partial charge in [0.05, 0.1) is 23.7 Å². The van der Waals surface area contributed by atoms with Crippen molar-refractivity contribution in [1.82, 2.24) is 0 Å². The second-order valence-corrected chi connectivity index (χ2v) is 5.98. The first-order valence-electron chi connectivity index (χ1n) is 6.08. The van der Waals surface area contributed by atoms with Crippen LogP contribution in [0.25, 0.3) is 0 Å². The van der Waals surface area contributed by atoms with Crippen molar-refractivity contribution in [1.29, 1.82) is 0 Å². The van der Waals surface area contributed by atoms with E-state index in [-0.39, 0.29) is 17.3 Å². The normalized spacial score (nSPS) is 58.2. The predicted octanol–water partition coefficient (Wildman–Crippen LogP) is -0.732. The molecule has 2 saturated heterocycles. The molecule has 1 spiro atoms. The summed E-state index contributed by atoms with van der Waals surface area (Å²) in [7, 11) is 0. The van der Waals surface area contributed by atoms with Gasteiger partial charge in [-0.3, -0.25) is 19.2 Å². The Morgan fingerprint density at radius 2 is 1.44 bits per heavy atom. The number of hydrogen-bond donors (Lipinski definition) is 0. The molecule has 0 amide bonds. The quantitative estimate of drug-likeness (QED) is 0.415. The minimum Gasteiger partial charge on any atom is -0.393 e. The van der Waals surface area contributed by atoms with Gasteiger partial charge >= 0.3 is 23.9 Å². The van der Waals surface area contributed by atoms with Gasteiger partial charge in [-0.05, 0) is 23.7 Å². The number of esters is 4. The van der Waals surface area contributed by atoms with Crippen LogP contribution >= 0.6 is 0 Å². The fourth-order valence-electron chi connectivity index (χ4n) is 5.24. The van der Waals surface area contributed by atoms with E-state index in [1.54, 1.807) is 0 Å². The lowest BCUT2D eigenvalue weighted by atomic mass is 9.53. The first kappa shape index (κ1) is 9.24. The summed E-state index contributed by atoms with van der Waals surface area (Å²) in [6, 6.07) is 0. The molecule has 0 aromatic heterocycles. The number of rotatable bonds is 0. The Morgan fingerprint density at radius 1 is 0.833 bits per heavy atom. The minimum absolute atomic E-state index is 0.0335. The van der Waals surface area contributed by atoms with Gasteiger partial charge in [-0.25, -0.2) is 0 Å². The summed E-state index contributed by atoms with van der Waals surface area (Å²) in [5.41, 5.74) is -0.307. The lowest BCUT2D eigenvalue weighted by Gasteiger charge is -2.44. The summed E-state index contributed by atoms with van der Waals surface area (Å²) in [6.07, 6.45) is 0.741. The van der Waals surface area contributed by atoms with E-state index >= 15 is 0 Å². The molecule has 6 nitrogen and oxygen atoms in total. The second kappa shape index (κ2) is 2.24. The van der Waals surface area contributed by atoms with Crippen molar-refractivity contribution in [2.45, 2.75) is 6.42 Å². The molecule has 7 unspecified atom stereocenters. The highest BCUT2D eigenvalue weighted by Crippen LogP contribution is 2.85. The molecule has 2 aliphatic heterocycles. The summed E-state index contributed by atoms with van der Waals surface area (Å²) >= 11 is 0. The zero-order valence-electron chi connectivity index (χ0n) is 9.12. The molecule has 3 aliphatic carbocycles. The van der Waals surface area contributed by atoms with E-state index in [0.717, 1.165) is 6.42 Å². The van der Waals surface area contributed by atoms with E-state index in [9.17, 15) is 19.2 Å². The molecule has 5 fully saturated rings. The fourth-order valence-corrected chi connectivity index (χ4v) is 5.24. The number of hydrogen-bond acceptors (Lipinski definition) is 6. The average Bonchev–Trinajstić information content (AvgIpc) is 2.80. The summed E-state index contributed by atoms with van der Waals surface area (Å²) in [5, 5.41) is 0. The van der Waals surface area contributed by atoms with Crippen LogP contribution in [0.2, 0.25) is 0 Å². The maximum Gasteiger partial charge on any atom is 0.318 e. The summed E-state index contributed by atoms with van der Waals surface area (Å²) in [5.74, 6) is -4.04. The highest BCUT2D eigenvalue weighted by molar-refractivity contribution is 6.04. The maximum absolute atomic E-state index is 11.7. The molecule has 18 heavy (non-hydrogen) atoms. The van der Waals surface area contributed by atoms with Gasteiger partial charge in [-0.15, -0.1) is 0 Å². The van der Waals surface area contributed by atoms with Gasteiger partial charge in [0.25, 0.3) is 0 Å². The zero-order chi connectivity index (χ0) is 12.4. The molecule has 5 aliphatic rings. The van der Waals surface area contributed by atoms with Gasteiger partial charge in [0.1, 0.15) is 0 Å². The van der Waals surface area contributed by atoms with Gasteiger partial charge in [-0.1, -0.05) is 0 Å². The number of carbonyl (C=O) groups is 4. The Hall–Kier alpha value is -1.72. The Kier molecular flexibility index (Phi) is 1.15. The molecule has 0 N–H and O–H groups in total. The smallest absolute Gasteiger partial charge is 0.318 e. The van der Waals surface area contributed by atoms with Crippen LogP contribution in [0, 0.1) is 40.9 Å². The van der Waals surface area contributed by atoms with E-state index in [1.165, 1.54) is 0 Å². The van der Waals surface area contributed by atoms with Gasteiger partial charge in [-0.2, -0.15) is 0 Å². The highest BCUT2D eigenvalue weighted by Gasteiger charge is 2.90. The summed E-state index contributed by atoms with van der Waals surface area (Å²) < 4.78 is 9.34. The molecule has 0 aromatic rings. The Bertz CT molecular complexity index is 567. The molecule has 7 atom stereocenters. The molecule has 0 bridgehead atoms. The van der Waals surface area contributed by atoms with E-state index in [1.807, 2.05) is 0 Å². The second-order valence-electron chi connectivity index (χ2n) is 5.98. The molecule has 92 valence electrons. The van der Waals surface area contributed by atoms with Crippen molar-refractivity contribution < 1.29 is 28.7 Å². The first-order chi connectivity index (χ1) is 8.57. The monoisotopic (exact) mass is 248 g/mol. The molecule has 2 heterocycles. The van der Waals surface area contributed by atoms with Crippen LogP contribution in [0.5, 0.6) is 0 Å². The molecule has 0 radical (unpaired) electrons. The van der Waals surface area contributed by atoms with Crippen molar-refractivity contribution in [3.05, 3.63) is 0 Å². The molecular formula is C12H8O6. The van der Waals surface area contributed by atoms with Gasteiger partial charge in [0.15, 0.2) is 0 Å². The van der Waals surface area contributed by atoms with Crippen molar-refractivity contribution >= 4 is 23.9 Å².